The monoisotopic (exact) mass is 319 g/mol. The van der Waals surface area contributed by atoms with Crippen LogP contribution >= 0.6 is 17.9 Å². The molecule has 0 heterocycles. The molecule has 0 fully saturated rings. The van der Waals surface area contributed by atoms with Gasteiger partial charge in [-0.15, -0.1) is 0 Å². The van der Waals surface area contributed by atoms with E-state index in [2.05, 4.69) is 32.4 Å². The van der Waals surface area contributed by atoms with Gasteiger partial charge in [-0.1, -0.05) is 74.6 Å². The molecule has 0 amide bonds. The molecule has 0 bridgehead atoms. The summed E-state index contributed by atoms with van der Waals surface area (Å²) in [6.07, 6.45) is 16.7. The van der Waals surface area contributed by atoms with Crippen LogP contribution in [0.3, 0.4) is 0 Å². The lowest BCUT2D eigenvalue weighted by molar-refractivity contribution is -0.505. The van der Waals surface area contributed by atoms with Crippen molar-refractivity contribution in [2.24, 2.45) is 0 Å². The Labute approximate surface area is 131 Å². The molecule has 0 rings (SSSR count). The van der Waals surface area contributed by atoms with E-state index in [9.17, 15) is 0 Å². The molecule has 0 radical (unpaired) electrons. The highest BCUT2D eigenvalue weighted by molar-refractivity contribution is 7.35. The van der Waals surface area contributed by atoms with E-state index < -0.39 is 0 Å². The van der Waals surface area contributed by atoms with E-state index >= 15 is 0 Å². The van der Waals surface area contributed by atoms with Gasteiger partial charge in [0.1, 0.15) is 13.1 Å². The summed E-state index contributed by atoms with van der Waals surface area (Å²) in [7, 11) is 3.89. The minimum atomic E-state index is 1.25. The fourth-order valence-corrected chi connectivity index (χ4v) is 3.58. The van der Waals surface area contributed by atoms with E-state index in [0.29, 0.717) is 0 Å². The van der Waals surface area contributed by atoms with Crippen molar-refractivity contribution in [3.05, 3.63) is 0 Å². The first-order chi connectivity index (χ1) is 9.85. The molecule has 0 aliphatic heterocycles. The van der Waals surface area contributed by atoms with Gasteiger partial charge >= 0.3 is 8.52 Å². The lowest BCUT2D eigenvalue weighted by atomic mass is 10.1. The summed E-state index contributed by atoms with van der Waals surface area (Å²) < 4.78 is 2.55. The van der Waals surface area contributed by atoms with Crippen LogP contribution < -0.4 is 4.86 Å². The maximum Gasteiger partial charge on any atom is 0.308 e. The third-order valence-corrected chi connectivity index (χ3v) is 4.88. The van der Waals surface area contributed by atoms with Crippen molar-refractivity contribution < 1.29 is 4.33 Å². The lowest BCUT2D eigenvalue weighted by Crippen LogP contribution is -2.11. The van der Waals surface area contributed by atoms with E-state index in [0.717, 1.165) is 0 Å². The Morgan fingerprint density at radius 1 is 0.700 bits per heavy atom. The molecule has 4 heteroatoms. The maximum atomic E-state index is 3.21. The van der Waals surface area contributed by atoms with Crippen molar-refractivity contribution in [1.29, 1.82) is 0 Å². The zero-order chi connectivity index (χ0) is 14.9. The van der Waals surface area contributed by atoms with Crippen LogP contribution in [-0.4, -0.2) is 17.4 Å². The number of nitrogens with one attached hydrogen (secondary N) is 1. The Kier molecular flexibility index (Phi) is 18.0. The second kappa shape index (κ2) is 17.5. The van der Waals surface area contributed by atoms with Crippen LogP contribution in [0.25, 0.3) is 0 Å². The number of rotatable bonds is 15. The van der Waals surface area contributed by atoms with Gasteiger partial charge in [0.15, 0.2) is 0 Å². The van der Waals surface area contributed by atoms with Crippen molar-refractivity contribution in [1.82, 2.24) is 4.86 Å². The molecule has 1 N–H and O–H groups in total. The molecule has 0 saturated heterocycles. The number of hydrogen-bond donors (Lipinski definition) is 1. The first kappa shape index (κ1) is 20.5. The highest BCUT2D eigenvalue weighted by Crippen LogP contribution is 2.09. The molecule has 1 atom stereocenters. The first-order valence-electron chi connectivity index (χ1n) is 8.76. The fraction of sp³-hybridized carbons (Fsp3) is 1.00. The van der Waals surface area contributed by atoms with Crippen molar-refractivity contribution in [3.8, 4) is 0 Å². The molecule has 20 heavy (non-hydrogen) atoms. The molecule has 2 nitrogen and oxygen atoms in total. The van der Waals surface area contributed by atoms with Gasteiger partial charge in [0.25, 0.3) is 0 Å². The summed E-state index contributed by atoms with van der Waals surface area (Å²) in [5.74, 6) is 0. The second-order valence-corrected chi connectivity index (χ2v) is 7.52. The minimum absolute atomic E-state index is 1.25. The summed E-state index contributed by atoms with van der Waals surface area (Å²) in [5.41, 5.74) is 0. The van der Waals surface area contributed by atoms with Crippen LogP contribution in [0.2, 0.25) is 0 Å². The summed E-state index contributed by atoms with van der Waals surface area (Å²) in [6, 6.07) is 0. The average molecular weight is 319 g/mol. The van der Waals surface area contributed by atoms with Crippen LogP contribution in [0.4, 0.5) is 0 Å². The molecule has 0 saturated carbocycles. The number of unbranched alkanes of at least 4 members (excludes halogenated alkanes) is 10. The smallest absolute Gasteiger partial charge is 0.207 e. The van der Waals surface area contributed by atoms with Crippen LogP contribution in [-0.2, 0) is 0 Å². The van der Waals surface area contributed by atoms with Crippen LogP contribution in [0.5, 0.6) is 0 Å². The Bertz CT molecular complexity index is 203. The third-order valence-electron chi connectivity index (χ3n) is 3.74. The van der Waals surface area contributed by atoms with Crippen LogP contribution in [0.1, 0.15) is 90.9 Å². The number of nitrogens with zero attached hydrogens (tertiary/aromatic N) is 1. The van der Waals surface area contributed by atoms with Crippen molar-refractivity contribution in [2.45, 2.75) is 90.9 Å². The normalized spacial score (nSPS) is 11.2. The molecule has 1 unspecified atom stereocenters. The molecule has 0 aromatic heterocycles. The summed E-state index contributed by atoms with van der Waals surface area (Å²) in [6.45, 7) is 7.07. The van der Waals surface area contributed by atoms with Crippen molar-refractivity contribution >= 4 is 17.9 Å². The van der Waals surface area contributed by atoms with E-state index in [1.807, 2.05) is 0 Å². The maximum absolute atomic E-state index is 3.21. The molecule has 120 valence electrons. The second-order valence-electron chi connectivity index (χ2n) is 5.72. The lowest BCUT2D eigenvalue weighted by Gasteiger charge is -2.04. The van der Waals surface area contributed by atoms with Gasteiger partial charge in [-0.05, 0) is 12.8 Å². The molecule has 0 aromatic rings. The standard InChI is InChI=1S/C16H36N2P2/c1-3-5-7-9-11-13-15-18(20-17-19)16-14-12-10-8-6-4-2/h3-16,19H2,1-2H3/p+1. The van der Waals surface area contributed by atoms with Gasteiger partial charge in [-0.2, -0.15) is 4.86 Å². The molecular weight excluding hydrogens is 282 g/mol. The minimum Gasteiger partial charge on any atom is -0.207 e. The Morgan fingerprint density at radius 2 is 1.10 bits per heavy atom. The highest BCUT2D eigenvalue weighted by Gasteiger charge is 2.04. The highest BCUT2D eigenvalue weighted by atomic mass is 31.1. The van der Waals surface area contributed by atoms with E-state index in [4.69, 9.17) is 0 Å². The molecule has 0 aliphatic carbocycles. The third kappa shape index (κ3) is 14.9. The molecule has 0 aliphatic rings. The van der Waals surface area contributed by atoms with Crippen molar-refractivity contribution in [3.63, 3.8) is 0 Å². The average Bonchev–Trinajstić information content (AvgIpc) is 2.46. The van der Waals surface area contributed by atoms with E-state index in [-0.39, 0.29) is 0 Å². The predicted octanol–water partition coefficient (Wildman–Crippen LogP) is 6.14. The topological polar surface area (TPSA) is 15.0 Å². The fourth-order valence-electron chi connectivity index (χ4n) is 2.44. The number of hydrogen-bond acceptors (Lipinski definition) is 0. The van der Waals surface area contributed by atoms with Gasteiger partial charge in [0, 0.05) is 12.8 Å². The van der Waals surface area contributed by atoms with Gasteiger partial charge in [-0.25, -0.2) is 4.33 Å². The van der Waals surface area contributed by atoms with Gasteiger partial charge in [0.2, 0.25) is 0 Å². The molecule has 0 aromatic carbocycles. The van der Waals surface area contributed by atoms with Crippen LogP contribution in [0, 0.1) is 0 Å². The Morgan fingerprint density at radius 3 is 1.50 bits per heavy atom. The Hall–Kier alpha value is 0.490. The largest absolute Gasteiger partial charge is 0.308 e. The Balaban J connectivity index is 3.54. The summed E-state index contributed by atoms with van der Waals surface area (Å²) in [5, 5.41) is 0. The van der Waals surface area contributed by atoms with Crippen LogP contribution in [0.15, 0.2) is 0 Å². The SMILES string of the molecule is CCCCCCCC[N+](CCCCCCCC)=PNP. The van der Waals surface area contributed by atoms with Gasteiger partial charge in [-0.3, -0.25) is 0 Å². The summed E-state index contributed by atoms with van der Waals surface area (Å²) >= 11 is 0. The molecule has 0 spiro atoms. The summed E-state index contributed by atoms with van der Waals surface area (Å²) in [4.78, 5) is 3.21. The first-order valence-corrected chi connectivity index (χ1v) is 10.2. The predicted molar refractivity (Wildman–Crippen MR) is 96.5 cm³/mol. The van der Waals surface area contributed by atoms with Gasteiger partial charge in [0.05, 0.1) is 0 Å². The van der Waals surface area contributed by atoms with E-state index in [1.54, 1.807) is 0 Å². The zero-order valence-electron chi connectivity index (χ0n) is 13.9. The zero-order valence-corrected chi connectivity index (χ0v) is 15.9. The van der Waals surface area contributed by atoms with E-state index in [1.165, 1.54) is 98.7 Å². The van der Waals surface area contributed by atoms with Crippen molar-refractivity contribution in [2.75, 3.05) is 13.1 Å². The van der Waals surface area contributed by atoms with Gasteiger partial charge < -0.3 is 0 Å². The quantitative estimate of drug-likeness (QED) is 0.283. The molecular formula is C16H37N2P2+.